The van der Waals surface area contributed by atoms with E-state index in [0.29, 0.717) is 0 Å². The maximum Gasteiger partial charge on any atom is 0.303 e. The number of carbonyl (C=O) groups is 4. The smallest absolute Gasteiger partial charge is 0.303 e. The van der Waals surface area contributed by atoms with E-state index in [0.717, 1.165) is 32.5 Å². The molecular weight excluding hydrogens is 464 g/mol. The lowest BCUT2D eigenvalue weighted by molar-refractivity contribution is -0.237. The second-order valence-corrected chi connectivity index (χ2v) is 7.08. The van der Waals surface area contributed by atoms with Gasteiger partial charge in [-0.05, 0) is 0 Å². The van der Waals surface area contributed by atoms with Crippen LogP contribution >= 0.6 is 27.9 Å². The second-order valence-electron chi connectivity index (χ2n) is 5.61. The summed E-state index contributed by atoms with van der Waals surface area (Å²) >= 11 is 3.70. The van der Waals surface area contributed by atoms with Crippen LogP contribution in [0.1, 0.15) is 27.7 Å². The summed E-state index contributed by atoms with van der Waals surface area (Å²) in [5.41, 5.74) is 4.70. The van der Waals surface area contributed by atoms with E-state index in [2.05, 4.69) is 20.2 Å². The van der Waals surface area contributed by atoms with Crippen molar-refractivity contribution < 1.29 is 42.9 Å². The van der Waals surface area contributed by atoms with E-state index in [1.165, 1.54) is 6.92 Å². The van der Waals surface area contributed by atoms with Gasteiger partial charge in [-0.3, -0.25) is 19.2 Å². The van der Waals surface area contributed by atoms with Crippen molar-refractivity contribution in [3.05, 3.63) is 0 Å². The molecule has 1 fully saturated rings. The Morgan fingerprint density at radius 1 is 0.929 bits per heavy atom. The fourth-order valence-electron chi connectivity index (χ4n) is 2.42. The van der Waals surface area contributed by atoms with E-state index in [1.54, 1.807) is 0 Å². The molecule has 5 atom stereocenters. The minimum absolute atomic E-state index is 0.0286. The molecule has 1 saturated heterocycles. The SMILES string of the molecule is CC(=O)OCC1OC(SC(N)=NBr)[C@@H](OC(C)=O)C(OC(C)=O)C1OC(C)=O. The van der Waals surface area contributed by atoms with Gasteiger partial charge in [-0.15, -0.1) is 0 Å². The number of amidine groups is 1. The van der Waals surface area contributed by atoms with E-state index >= 15 is 0 Å². The van der Waals surface area contributed by atoms with E-state index in [4.69, 9.17) is 29.4 Å². The van der Waals surface area contributed by atoms with Gasteiger partial charge < -0.3 is 29.4 Å². The number of halogens is 1. The highest BCUT2D eigenvalue weighted by Crippen LogP contribution is 2.34. The highest BCUT2D eigenvalue weighted by atomic mass is 79.9. The van der Waals surface area contributed by atoms with Crippen LogP contribution in [0.5, 0.6) is 0 Å². The Bertz CT molecular complexity index is 645. The number of carbonyl (C=O) groups excluding carboxylic acids is 4. The molecule has 13 heteroatoms. The Labute approximate surface area is 173 Å². The zero-order valence-electron chi connectivity index (χ0n) is 15.6. The van der Waals surface area contributed by atoms with Gasteiger partial charge in [0, 0.05) is 27.7 Å². The van der Waals surface area contributed by atoms with Gasteiger partial charge in [-0.2, -0.15) is 4.02 Å². The van der Waals surface area contributed by atoms with Gasteiger partial charge >= 0.3 is 23.9 Å². The molecule has 0 bridgehead atoms. The molecule has 1 aliphatic heterocycles. The summed E-state index contributed by atoms with van der Waals surface area (Å²) in [5, 5.41) is 0.0286. The Balaban J connectivity index is 3.32. The van der Waals surface area contributed by atoms with Crippen molar-refractivity contribution in [2.45, 2.75) is 57.5 Å². The number of hydrogen-bond acceptors (Lipinski definition) is 11. The molecule has 0 spiro atoms. The summed E-state index contributed by atoms with van der Waals surface area (Å²) in [4.78, 5) is 46.0. The van der Waals surface area contributed by atoms with Gasteiger partial charge in [0.1, 0.15) is 12.7 Å². The number of nitrogens with two attached hydrogens (primary N) is 1. The van der Waals surface area contributed by atoms with Crippen molar-refractivity contribution >= 4 is 57.0 Å². The maximum absolute atomic E-state index is 11.6. The number of nitrogens with zero attached hydrogens (tertiary/aromatic N) is 1. The molecule has 158 valence electrons. The number of thioether (sulfide) groups is 1. The van der Waals surface area contributed by atoms with E-state index in [9.17, 15) is 19.2 Å². The lowest BCUT2D eigenvalue weighted by Crippen LogP contribution is -2.61. The summed E-state index contributed by atoms with van der Waals surface area (Å²) < 4.78 is 30.2. The zero-order valence-corrected chi connectivity index (χ0v) is 18.0. The number of hydrogen-bond donors (Lipinski definition) is 1. The average Bonchev–Trinajstić information content (AvgIpc) is 2.57. The normalized spacial score (nSPS) is 27.5. The standard InChI is InChI=1S/C15H21BrN2O9S/c1-6(19)23-5-10-11(24-7(2)20)12(25-8(3)21)13(26-9(4)22)14(27-10)28-15(17)18-16/h10-14H,5H2,1-4H3,(H2,17,18)/t10?,11?,12?,13-,14?/m0/s1. The number of rotatable bonds is 6. The van der Waals surface area contributed by atoms with Crippen LogP contribution < -0.4 is 5.73 Å². The first-order chi connectivity index (χ1) is 13.0. The lowest BCUT2D eigenvalue weighted by Gasteiger charge is -2.43. The fourth-order valence-corrected chi connectivity index (χ4v) is 3.49. The Kier molecular flexibility index (Phi) is 9.69. The molecule has 0 saturated carbocycles. The van der Waals surface area contributed by atoms with Crippen molar-refractivity contribution in [1.82, 2.24) is 0 Å². The second kappa shape index (κ2) is 11.2. The third-order valence-corrected chi connectivity index (χ3v) is 4.83. The molecule has 0 aromatic heterocycles. The van der Waals surface area contributed by atoms with Crippen LogP contribution in [0.15, 0.2) is 4.02 Å². The molecule has 0 aromatic rings. The first-order valence-corrected chi connectivity index (χ1v) is 9.55. The molecule has 0 radical (unpaired) electrons. The highest BCUT2D eigenvalue weighted by Gasteiger charge is 2.52. The molecule has 1 heterocycles. The van der Waals surface area contributed by atoms with Gasteiger partial charge in [0.15, 0.2) is 28.9 Å². The quantitative estimate of drug-likeness (QED) is 0.241. The molecule has 0 amide bonds. The van der Waals surface area contributed by atoms with Gasteiger partial charge in [0.25, 0.3) is 0 Å². The molecule has 0 aromatic carbocycles. The predicted molar refractivity (Wildman–Crippen MR) is 100 cm³/mol. The monoisotopic (exact) mass is 484 g/mol. The van der Waals surface area contributed by atoms with E-state index in [1.807, 2.05) is 0 Å². The first kappa shape index (κ1) is 24.2. The average molecular weight is 485 g/mol. The van der Waals surface area contributed by atoms with Gasteiger partial charge in [0.2, 0.25) is 0 Å². The summed E-state index contributed by atoms with van der Waals surface area (Å²) in [5.74, 6) is -2.70. The van der Waals surface area contributed by atoms with Crippen LogP contribution in [-0.2, 0) is 42.9 Å². The predicted octanol–water partition coefficient (Wildman–Crippen LogP) is 0.427. The minimum atomic E-state index is -1.24. The Morgan fingerprint density at radius 2 is 1.43 bits per heavy atom. The molecule has 4 unspecified atom stereocenters. The van der Waals surface area contributed by atoms with Crippen molar-refractivity contribution in [3.8, 4) is 0 Å². The summed E-state index contributed by atoms with van der Waals surface area (Å²) in [6, 6.07) is 0. The first-order valence-electron chi connectivity index (χ1n) is 7.96. The third kappa shape index (κ3) is 7.64. The van der Waals surface area contributed by atoms with E-state index in [-0.39, 0.29) is 11.8 Å². The largest absolute Gasteiger partial charge is 0.463 e. The minimum Gasteiger partial charge on any atom is -0.463 e. The molecule has 0 aliphatic carbocycles. The van der Waals surface area contributed by atoms with Gasteiger partial charge in [-0.1, -0.05) is 11.8 Å². The van der Waals surface area contributed by atoms with Gasteiger partial charge in [-0.25, -0.2) is 0 Å². The van der Waals surface area contributed by atoms with Crippen molar-refractivity contribution in [2.24, 2.45) is 9.75 Å². The molecule has 1 rings (SSSR count). The van der Waals surface area contributed by atoms with Crippen LogP contribution in [-0.4, -0.2) is 65.5 Å². The number of esters is 4. The Morgan fingerprint density at radius 3 is 1.89 bits per heavy atom. The van der Waals surface area contributed by atoms with Crippen molar-refractivity contribution in [3.63, 3.8) is 0 Å². The zero-order chi connectivity index (χ0) is 21.4. The van der Waals surface area contributed by atoms with Crippen LogP contribution in [0.4, 0.5) is 0 Å². The third-order valence-electron chi connectivity index (χ3n) is 3.27. The summed E-state index contributed by atoms with van der Waals surface area (Å²) in [7, 11) is 0. The fraction of sp³-hybridized carbons (Fsp3) is 0.667. The van der Waals surface area contributed by atoms with Crippen LogP contribution in [0.2, 0.25) is 0 Å². The topological polar surface area (TPSA) is 153 Å². The summed E-state index contributed by atoms with van der Waals surface area (Å²) in [6.45, 7) is 4.32. The van der Waals surface area contributed by atoms with Crippen LogP contribution in [0, 0.1) is 0 Å². The van der Waals surface area contributed by atoms with Crippen LogP contribution in [0.25, 0.3) is 0 Å². The highest BCUT2D eigenvalue weighted by molar-refractivity contribution is 9.08. The van der Waals surface area contributed by atoms with Crippen LogP contribution in [0.3, 0.4) is 0 Å². The molecule has 1 aliphatic rings. The molecule has 11 nitrogen and oxygen atoms in total. The molecule has 2 N–H and O–H groups in total. The van der Waals surface area contributed by atoms with E-state index < -0.39 is 53.7 Å². The summed E-state index contributed by atoms with van der Waals surface area (Å²) in [6.07, 6.45) is -4.65. The van der Waals surface area contributed by atoms with Gasteiger partial charge in [0.05, 0.1) is 16.1 Å². The maximum atomic E-state index is 11.6. The Hall–Kier alpha value is -1.86. The lowest BCUT2D eigenvalue weighted by atomic mass is 9.99. The molecular formula is C15H21BrN2O9S. The number of ether oxygens (including phenoxy) is 5. The van der Waals surface area contributed by atoms with Crippen molar-refractivity contribution in [2.75, 3.05) is 6.61 Å². The van der Waals surface area contributed by atoms with Crippen molar-refractivity contribution in [1.29, 1.82) is 0 Å². The molecule has 28 heavy (non-hydrogen) atoms.